The first-order valence-corrected chi connectivity index (χ1v) is 9.72. The maximum absolute atomic E-state index is 12.9. The maximum atomic E-state index is 12.9. The molecule has 0 radical (unpaired) electrons. The third-order valence-electron chi connectivity index (χ3n) is 4.66. The van der Waals surface area contributed by atoms with Crippen molar-refractivity contribution in [2.75, 3.05) is 13.2 Å². The molecule has 0 bridgehead atoms. The van der Waals surface area contributed by atoms with E-state index >= 15 is 0 Å². The van der Waals surface area contributed by atoms with E-state index in [1.807, 2.05) is 57.2 Å². The Labute approximate surface area is 171 Å². The molecule has 150 valence electrons. The number of carbonyl (C=O) groups is 2. The SMILES string of the molecule is CCNC(=O)C(C)N(Cc1ccccc1Cl)C(=O)COc1ccc(C)c(C)c1. The second kappa shape index (κ2) is 10.1. The van der Waals surface area contributed by atoms with Crippen LogP contribution in [-0.4, -0.2) is 35.9 Å². The predicted octanol–water partition coefficient (Wildman–Crippen LogP) is 3.89. The Kier molecular flexibility index (Phi) is 7.88. The standard InChI is InChI=1S/C22H27ClN2O3/c1-5-24-22(27)17(4)25(13-18-8-6-7-9-20(18)23)21(26)14-28-19-11-10-15(2)16(3)12-19/h6-12,17H,5,13-14H2,1-4H3,(H,24,27). The van der Waals surface area contributed by atoms with Crippen LogP contribution in [0.15, 0.2) is 42.5 Å². The Bertz CT molecular complexity index is 838. The summed E-state index contributed by atoms with van der Waals surface area (Å²) in [5, 5.41) is 3.32. The molecule has 0 aromatic heterocycles. The monoisotopic (exact) mass is 402 g/mol. The van der Waals surface area contributed by atoms with Crippen molar-refractivity contribution >= 4 is 23.4 Å². The van der Waals surface area contributed by atoms with Crippen molar-refractivity contribution in [2.45, 2.75) is 40.3 Å². The highest BCUT2D eigenvalue weighted by molar-refractivity contribution is 6.31. The van der Waals surface area contributed by atoms with Gasteiger partial charge in [-0.25, -0.2) is 0 Å². The van der Waals surface area contributed by atoms with Gasteiger partial charge in [-0.3, -0.25) is 9.59 Å². The number of nitrogens with one attached hydrogen (secondary N) is 1. The van der Waals surface area contributed by atoms with Crippen LogP contribution in [0.1, 0.15) is 30.5 Å². The average Bonchev–Trinajstić information content (AvgIpc) is 2.67. The first kappa shape index (κ1) is 21.8. The number of amides is 2. The van der Waals surface area contributed by atoms with Gasteiger partial charge in [0.1, 0.15) is 11.8 Å². The van der Waals surface area contributed by atoms with E-state index in [0.717, 1.165) is 16.7 Å². The van der Waals surface area contributed by atoms with Gasteiger partial charge in [-0.1, -0.05) is 35.9 Å². The van der Waals surface area contributed by atoms with E-state index in [-0.39, 0.29) is 25.0 Å². The lowest BCUT2D eigenvalue weighted by atomic mass is 10.1. The van der Waals surface area contributed by atoms with Crippen LogP contribution in [0.5, 0.6) is 5.75 Å². The summed E-state index contributed by atoms with van der Waals surface area (Å²) in [5.41, 5.74) is 3.03. The molecule has 2 amide bonds. The minimum Gasteiger partial charge on any atom is -0.484 e. The van der Waals surface area contributed by atoms with E-state index in [1.54, 1.807) is 13.0 Å². The van der Waals surface area contributed by atoms with Gasteiger partial charge in [0, 0.05) is 18.1 Å². The van der Waals surface area contributed by atoms with Crippen LogP contribution in [-0.2, 0) is 16.1 Å². The van der Waals surface area contributed by atoms with E-state index in [0.29, 0.717) is 17.3 Å². The van der Waals surface area contributed by atoms with Crippen molar-refractivity contribution in [1.82, 2.24) is 10.2 Å². The zero-order valence-corrected chi connectivity index (χ0v) is 17.5. The Balaban J connectivity index is 2.16. The summed E-state index contributed by atoms with van der Waals surface area (Å²) in [7, 11) is 0. The Morgan fingerprint density at radius 1 is 1.14 bits per heavy atom. The molecule has 0 spiro atoms. The van der Waals surface area contributed by atoms with Crippen LogP contribution < -0.4 is 10.1 Å². The summed E-state index contributed by atoms with van der Waals surface area (Å²) in [4.78, 5) is 26.7. The van der Waals surface area contributed by atoms with Crippen molar-refractivity contribution in [3.8, 4) is 5.75 Å². The number of rotatable bonds is 8. The first-order chi connectivity index (χ1) is 13.3. The summed E-state index contributed by atoms with van der Waals surface area (Å²) in [6, 6.07) is 12.3. The molecule has 1 atom stereocenters. The van der Waals surface area contributed by atoms with E-state index in [1.165, 1.54) is 4.90 Å². The van der Waals surface area contributed by atoms with Gasteiger partial charge in [0.15, 0.2) is 6.61 Å². The molecule has 2 rings (SSSR count). The third-order valence-corrected chi connectivity index (χ3v) is 5.03. The zero-order valence-electron chi connectivity index (χ0n) is 16.8. The van der Waals surface area contributed by atoms with Crippen LogP contribution in [0.2, 0.25) is 5.02 Å². The van der Waals surface area contributed by atoms with E-state index in [4.69, 9.17) is 16.3 Å². The second-order valence-corrected chi connectivity index (χ2v) is 7.13. The summed E-state index contributed by atoms with van der Waals surface area (Å²) in [5.74, 6) is 0.130. The van der Waals surface area contributed by atoms with Crippen LogP contribution in [0, 0.1) is 13.8 Å². The Hall–Kier alpha value is -2.53. The number of likely N-dealkylation sites (N-methyl/N-ethyl adjacent to an activating group) is 1. The minimum atomic E-state index is -0.646. The molecular weight excluding hydrogens is 376 g/mol. The van der Waals surface area contributed by atoms with Gasteiger partial charge in [0.2, 0.25) is 5.91 Å². The second-order valence-electron chi connectivity index (χ2n) is 6.72. The number of benzene rings is 2. The smallest absolute Gasteiger partial charge is 0.261 e. The molecule has 0 heterocycles. The number of halogens is 1. The average molecular weight is 403 g/mol. The molecule has 0 aliphatic heterocycles. The molecule has 2 aromatic rings. The van der Waals surface area contributed by atoms with Gasteiger partial charge in [-0.2, -0.15) is 0 Å². The van der Waals surface area contributed by atoms with Crippen molar-refractivity contribution in [1.29, 1.82) is 0 Å². The molecule has 1 N–H and O–H groups in total. The molecule has 6 heteroatoms. The lowest BCUT2D eigenvalue weighted by molar-refractivity contribution is -0.142. The fourth-order valence-electron chi connectivity index (χ4n) is 2.75. The van der Waals surface area contributed by atoms with Gasteiger partial charge in [-0.15, -0.1) is 0 Å². The summed E-state index contributed by atoms with van der Waals surface area (Å²) in [6.45, 7) is 8.12. The number of nitrogens with zero attached hydrogens (tertiary/aromatic N) is 1. The van der Waals surface area contributed by atoms with Crippen molar-refractivity contribution < 1.29 is 14.3 Å². The maximum Gasteiger partial charge on any atom is 0.261 e. The molecule has 0 saturated heterocycles. The summed E-state index contributed by atoms with van der Waals surface area (Å²) in [6.07, 6.45) is 0. The van der Waals surface area contributed by atoms with Crippen molar-refractivity contribution in [2.24, 2.45) is 0 Å². The zero-order chi connectivity index (χ0) is 20.7. The molecule has 1 unspecified atom stereocenters. The highest BCUT2D eigenvalue weighted by Crippen LogP contribution is 2.20. The molecule has 0 fully saturated rings. The molecule has 2 aromatic carbocycles. The molecule has 28 heavy (non-hydrogen) atoms. The van der Waals surface area contributed by atoms with E-state index in [2.05, 4.69) is 5.32 Å². The van der Waals surface area contributed by atoms with Gasteiger partial charge >= 0.3 is 0 Å². The number of aryl methyl sites for hydroxylation is 2. The number of hydrogen-bond donors (Lipinski definition) is 1. The summed E-state index contributed by atoms with van der Waals surface area (Å²) >= 11 is 6.25. The fourth-order valence-corrected chi connectivity index (χ4v) is 2.94. The van der Waals surface area contributed by atoms with Gasteiger partial charge < -0.3 is 15.0 Å². The highest BCUT2D eigenvalue weighted by Gasteiger charge is 2.26. The number of ether oxygens (including phenoxy) is 1. The molecule has 0 aliphatic carbocycles. The third kappa shape index (κ3) is 5.73. The molecular formula is C22H27ClN2O3. The molecule has 5 nitrogen and oxygen atoms in total. The quantitative estimate of drug-likeness (QED) is 0.728. The van der Waals surface area contributed by atoms with Crippen LogP contribution in [0.3, 0.4) is 0 Å². The summed E-state index contributed by atoms with van der Waals surface area (Å²) < 4.78 is 5.69. The lowest BCUT2D eigenvalue weighted by Crippen LogP contribution is -2.49. The Morgan fingerprint density at radius 2 is 1.86 bits per heavy atom. The lowest BCUT2D eigenvalue weighted by Gasteiger charge is -2.29. The first-order valence-electron chi connectivity index (χ1n) is 9.34. The van der Waals surface area contributed by atoms with E-state index in [9.17, 15) is 9.59 Å². The topological polar surface area (TPSA) is 58.6 Å². The molecule has 0 aliphatic rings. The highest BCUT2D eigenvalue weighted by atomic mass is 35.5. The van der Waals surface area contributed by atoms with Crippen LogP contribution >= 0.6 is 11.6 Å². The van der Waals surface area contributed by atoms with Crippen LogP contribution in [0.4, 0.5) is 0 Å². The van der Waals surface area contributed by atoms with Crippen molar-refractivity contribution in [3.05, 3.63) is 64.2 Å². The fraction of sp³-hybridized carbons (Fsp3) is 0.364. The molecule has 0 saturated carbocycles. The van der Waals surface area contributed by atoms with Crippen molar-refractivity contribution in [3.63, 3.8) is 0 Å². The number of carbonyl (C=O) groups excluding carboxylic acids is 2. The van der Waals surface area contributed by atoms with Gasteiger partial charge in [0.25, 0.3) is 5.91 Å². The van der Waals surface area contributed by atoms with E-state index < -0.39 is 6.04 Å². The van der Waals surface area contributed by atoms with Gasteiger partial charge in [-0.05, 0) is 62.6 Å². The van der Waals surface area contributed by atoms with Crippen LogP contribution in [0.25, 0.3) is 0 Å². The Morgan fingerprint density at radius 3 is 2.50 bits per heavy atom. The van der Waals surface area contributed by atoms with Gasteiger partial charge in [0.05, 0.1) is 0 Å². The predicted molar refractivity (Wildman–Crippen MR) is 112 cm³/mol. The minimum absolute atomic E-state index is 0.156. The normalized spacial score (nSPS) is 11.6. The largest absolute Gasteiger partial charge is 0.484 e. The number of hydrogen-bond acceptors (Lipinski definition) is 3.